The number of nitrogens with one attached hydrogen (secondary N) is 1. The number of carbonyl (C=O) groups is 1. The van der Waals surface area contributed by atoms with E-state index >= 15 is 0 Å². The Morgan fingerprint density at radius 2 is 1.26 bits per heavy atom. The summed E-state index contributed by atoms with van der Waals surface area (Å²) >= 11 is 0. The molecule has 1 amide bonds. The van der Waals surface area contributed by atoms with Gasteiger partial charge < -0.3 is 9.88 Å². The SMILES string of the molecule is O=C1C(CCCc2c[nH]c(C(c3ccccc3)(c3ccccc3)c3ccccc3)n2)CCN1c1ccccc1. The van der Waals surface area contributed by atoms with Gasteiger partial charge >= 0.3 is 0 Å². The number of amides is 1. The molecule has 0 saturated carbocycles. The maximum atomic E-state index is 13.1. The molecule has 2 heterocycles. The van der Waals surface area contributed by atoms with Crippen molar-refractivity contribution in [1.29, 1.82) is 0 Å². The van der Waals surface area contributed by atoms with E-state index in [-0.39, 0.29) is 11.8 Å². The average Bonchev–Trinajstić information content (AvgIpc) is 3.63. The molecule has 0 bridgehead atoms. The zero-order valence-electron chi connectivity index (χ0n) is 22.0. The summed E-state index contributed by atoms with van der Waals surface area (Å²) in [5.74, 6) is 1.24. The number of rotatable bonds is 9. The van der Waals surface area contributed by atoms with Crippen LogP contribution in [0.5, 0.6) is 0 Å². The summed E-state index contributed by atoms with van der Waals surface area (Å²) in [6, 6.07) is 41.9. The topological polar surface area (TPSA) is 49.0 Å². The predicted octanol–water partition coefficient (Wildman–Crippen LogP) is 7.17. The first kappa shape index (κ1) is 24.9. The van der Waals surface area contributed by atoms with E-state index in [1.54, 1.807) is 0 Å². The van der Waals surface area contributed by atoms with Gasteiger partial charge in [-0.15, -0.1) is 0 Å². The Morgan fingerprint density at radius 3 is 1.79 bits per heavy atom. The molecule has 1 fully saturated rings. The van der Waals surface area contributed by atoms with Gasteiger partial charge in [0.1, 0.15) is 11.2 Å². The maximum absolute atomic E-state index is 13.1. The number of hydrogen-bond acceptors (Lipinski definition) is 2. The fraction of sp³-hybridized carbons (Fsp3) is 0.200. The highest BCUT2D eigenvalue weighted by Crippen LogP contribution is 2.43. The van der Waals surface area contributed by atoms with Crippen molar-refractivity contribution in [3.05, 3.63) is 156 Å². The van der Waals surface area contributed by atoms with E-state index in [2.05, 4.69) is 96.0 Å². The lowest BCUT2D eigenvalue weighted by Gasteiger charge is -2.34. The Hall–Kier alpha value is -4.44. The normalized spacial score (nSPS) is 15.5. The Labute approximate surface area is 230 Å². The van der Waals surface area contributed by atoms with E-state index in [1.165, 1.54) is 16.7 Å². The second kappa shape index (κ2) is 11.1. The molecule has 1 saturated heterocycles. The lowest BCUT2D eigenvalue weighted by Crippen LogP contribution is -2.32. The van der Waals surface area contributed by atoms with Crippen LogP contribution < -0.4 is 4.90 Å². The Balaban J connectivity index is 1.26. The van der Waals surface area contributed by atoms with Crippen LogP contribution in [0.2, 0.25) is 0 Å². The third-order valence-electron chi connectivity index (χ3n) is 7.98. The molecule has 39 heavy (non-hydrogen) atoms. The van der Waals surface area contributed by atoms with Gasteiger partial charge in [0.2, 0.25) is 5.91 Å². The second-order valence-electron chi connectivity index (χ2n) is 10.3. The molecule has 5 aromatic rings. The van der Waals surface area contributed by atoms with E-state index in [4.69, 9.17) is 4.98 Å². The number of nitrogens with zero attached hydrogens (tertiary/aromatic N) is 2. The molecule has 0 spiro atoms. The maximum Gasteiger partial charge on any atom is 0.230 e. The average molecular weight is 512 g/mol. The lowest BCUT2D eigenvalue weighted by molar-refractivity contribution is -0.120. The summed E-state index contributed by atoms with van der Waals surface area (Å²) in [5, 5.41) is 0. The van der Waals surface area contributed by atoms with Crippen molar-refractivity contribution in [3.63, 3.8) is 0 Å². The largest absolute Gasteiger partial charge is 0.347 e. The highest BCUT2D eigenvalue weighted by atomic mass is 16.2. The molecule has 1 aliphatic heterocycles. The molecule has 6 rings (SSSR count). The van der Waals surface area contributed by atoms with Crippen molar-refractivity contribution in [2.24, 2.45) is 5.92 Å². The number of anilines is 1. The number of hydrogen-bond donors (Lipinski definition) is 1. The first-order chi connectivity index (χ1) is 19.3. The van der Waals surface area contributed by atoms with Crippen LogP contribution in [0.3, 0.4) is 0 Å². The van der Waals surface area contributed by atoms with Crippen molar-refractivity contribution in [3.8, 4) is 0 Å². The molecule has 0 aliphatic carbocycles. The van der Waals surface area contributed by atoms with Crippen LogP contribution in [0.4, 0.5) is 5.69 Å². The van der Waals surface area contributed by atoms with Gasteiger partial charge in [0.25, 0.3) is 0 Å². The number of aryl methyl sites for hydroxylation is 1. The first-order valence-electron chi connectivity index (χ1n) is 13.8. The minimum atomic E-state index is -0.570. The quantitative estimate of drug-likeness (QED) is 0.213. The van der Waals surface area contributed by atoms with Crippen molar-refractivity contribution in [1.82, 2.24) is 9.97 Å². The molecule has 1 aliphatic rings. The summed E-state index contributed by atoms with van der Waals surface area (Å²) in [6.45, 7) is 0.799. The third kappa shape index (κ3) is 4.79. The fourth-order valence-corrected chi connectivity index (χ4v) is 6.06. The Kier molecular flexibility index (Phi) is 7.09. The molecule has 1 atom stereocenters. The zero-order chi connectivity index (χ0) is 26.5. The summed E-state index contributed by atoms with van der Waals surface area (Å²) in [6.07, 6.45) is 5.61. The van der Waals surface area contributed by atoms with Crippen LogP contribution in [0, 0.1) is 5.92 Å². The van der Waals surface area contributed by atoms with Gasteiger partial charge in [0.05, 0.1) is 5.69 Å². The molecule has 1 unspecified atom stereocenters. The fourth-order valence-electron chi connectivity index (χ4n) is 6.06. The van der Waals surface area contributed by atoms with Crippen LogP contribution in [0.15, 0.2) is 128 Å². The van der Waals surface area contributed by atoms with Gasteiger partial charge in [-0.3, -0.25) is 4.79 Å². The van der Waals surface area contributed by atoms with Crippen molar-refractivity contribution < 1.29 is 4.79 Å². The number of aromatic amines is 1. The van der Waals surface area contributed by atoms with Crippen LogP contribution in [-0.2, 0) is 16.6 Å². The van der Waals surface area contributed by atoms with E-state index in [9.17, 15) is 4.79 Å². The van der Waals surface area contributed by atoms with Gasteiger partial charge in [-0.2, -0.15) is 0 Å². The van der Waals surface area contributed by atoms with Crippen LogP contribution >= 0.6 is 0 Å². The van der Waals surface area contributed by atoms with Crippen LogP contribution in [0.1, 0.15) is 47.5 Å². The van der Waals surface area contributed by atoms with Gasteiger partial charge in [0, 0.05) is 24.3 Å². The van der Waals surface area contributed by atoms with E-state index in [0.717, 1.165) is 49.4 Å². The van der Waals surface area contributed by atoms with E-state index in [1.807, 2.05) is 41.4 Å². The molecule has 4 nitrogen and oxygen atoms in total. The smallest absolute Gasteiger partial charge is 0.230 e. The minimum Gasteiger partial charge on any atom is -0.347 e. The predicted molar refractivity (Wildman–Crippen MR) is 157 cm³/mol. The van der Waals surface area contributed by atoms with Crippen molar-refractivity contribution in [2.75, 3.05) is 11.4 Å². The molecule has 0 radical (unpaired) electrons. The Morgan fingerprint density at radius 1 is 0.744 bits per heavy atom. The van der Waals surface area contributed by atoms with Crippen LogP contribution in [0.25, 0.3) is 0 Å². The molecule has 1 N–H and O–H groups in total. The monoisotopic (exact) mass is 511 g/mol. The van der Waals surface area contributed by atoms with E-state index in [0.29, 0.717) is 0 Å². The van der Waals surface area contributed by atoms with E-state index < -0.39 is 5.41 Å². The van der Waals surface area contributed by atoms with Crippen molar-refractivity contribution >= 4 is 11.6 Å². The second-order valence-corrected chi connectivity index (χ2v) is 10.3. The third-order valence-corrected chi connectivity index (χ3v) is 7.98. The van der Waals surface area contributed by atoms with Crippen LogP contribution in [-0.4, -0.2) is 22.4 Å². The summed E-state index contributed by atoms with van der Waals surface area (Å²) in [5.41, 5.74) is 4.96. The molecule has 1 aromatic heterocycles. The summed E-state index contributed by atoms with van der Waals surface area (Å²) < 4.78 is 0. The van der Waals surface area contributed by atoms with Gasteiger partial charge in [-0.1, -0.05) is 109 Å². The molecule has 4 heteroatoms. The number of carbonyl (C=O) groups excluding carboxylic acids is 1. The molecular weight excluding hydrogens is 478 g/mol. The highest BCUT2D eigenvalue weighted by molar-refractivity contribution is 5.97. The Bertz CT molecular complexity index is 1400. The van der Waals surface area contributed by atoms with Crippen molar-refractivity contribution in [2.45, 2.75) is 31.1 Å². The van der Waals surface area contributed by atoms with Gasteiger partial charge in [-0.25, -0.2) is 4.98 Å². The highest BCUT2D eigenvalue weighted by Gasteiger charge is 2.41. The number of imidazole rings is 1. The zero-order valence-corrected chi connectivity index (χ0v) is 22.0. The van der Waals surface area contributed by atoms with Gasteiger partial charge in [-0.05, 0) is 54.5 Å². The summed E-state index contributed by atoms with van der Waals surface area (Å²) in [7, 11) is 0. The lowest BCUT2D eigenvalue weighted by atomic mass is 9.69. The number of benzene rings is 4. The molecular formula is C35H33N3O. The summed E-state index contributed by atoms with van der Waals surface area (Å²) in [4.78, 5) is 23.8. The first-order valence-corrected chi connectivity index (χ1v) is 13.8. The standard InChI is InChI=1S/C35H33N3O/c39-33-27(24-25-38(33)32-22-11-4-12-23-32)14-13-21-31-26-36-34(37-31)35(28-15-5-1-6-16-28,29-17-7-2-8-18-29)30-19-9-3-10-20-30/h1-12,15-20,22-23,26-27H,13-14,21,24-25H2,(H,36,37). The number of para-hydroxylation sites is 1. The molecule has 194 valence electrons. The van der Waals surface area contributed by atoms with Gasteiger partial charge in [0.15, 0.2) is 0 Å². The number of aromatic nitrogens is 2. The molecule has 4 aromatic carbocycles. The number of H-pyrrole nitrogens is 1. The minimum absolute atomic E-state index is 0.0839.